The topological polar surface area (TPSA) is 79.2 Å². The van der Waals surface area contributed by atoms with Gasteiger partial charge in [-0.3, -0.25) is 4.79 Å². The van der Waals surface area contributed by atoms with Gasteiger partial charge in [-0.2, -0.15) is 5.26 Å². The number of nitrogens with one attached hydrogen (secondary N) is 1. The summed E-state index contributed by atoms with van der Waals surface area (Å²) in [7, 11) is 0. The predicted octanol–water partition coefficient (Wildman–Crippen LogP) is 4.70. The Morgan fingerprint density at radius 2 is 1.81 bits per heavy atom. The zero-order valence-corrected chi connectivity index (χ0v) is 16.2. The van der Waals surface area contributed by atoms with Crippen molar-refractivity contribution >= 4 is 46.8 Å². The molecule has 1 amide bonds. The summed E-state index contributed by atoms with van der Waals surface area (Å²) in [6.45, 7) is 3.12. The highest BCUT2D eigenvalue weighted by atomic mass is 35.5. The quantitative estimate of drug-likeness (QED) is 0.446. The van der Waals surface area contributed by atoms with E-state index in [0.29, 0.717) is 10.6 Å². The molecular formula is C20H16Cl2N2O3. The molecule has 0 atom stereocenters. The second kappa shape index (κ2) is 9.22. The molecule has 0 spiro atoms. The van der Waals surface area contributed by atoms with Gasteiger partial charge >= 0.3 is 5.97 Å². The zero-order chi connectivity index (χ0) is 20.0. The molecule has 0 fully saturated rings. The molecule has 27 heavy (non-hydrogen) atoms. The van der Waals surface area contributed by atoms with E-state index in [1.807, 2.05) is 19.1 Å². The number of nitriles is 1. The lowest BCUT2D eigenvalue weighted by Crippen LogP contribution is -2.21. The van der Waals surface area contributed by atoms with E-state index >= 15 is 0 Å². The van der Waals surface area contributed by atoms with Gasteiger partial charge < -0.3 is 10.1 Å². The molecule has 0 aliphatic rings. The van der Waals surface area contributed by atoms with Gasteiger partial charge in [0.05, 0.1) is 15.7 Å². The number of carbonyl (C=O) groups is 2. The molecule has 0 unspecified atom stereocenters. The van der Waals surface area contributed by atoms with Crippen molar-refractivity contribution in [2.45, 2.75) is 13.8 Å². The Bertz CT molecular complexity index is 945. The van der Waals surface area contributed by atoms with Crippen molar-refractivity contribution in [1.29, 1.82) is 5.26 Å². The Kier molecular flexibility index (Phi) is 7.00. The lowest BCUT2D eigenvalue weighted by Gasteiger charge is -2.11. The molecule has 0 saturated carbocycles. The minimum Gasteiger partial charge on any atom is -0.451 e. The fraction of sp³-hybridized carbons (Fsp3) is 0.150. The predicted molar refractivity (Wildman–Crippen MR) is 106 cm³/mol. The van der Waals surface area contributed by atoms with Gasteiger partial charge in [0.2, 0.25) is 0 Å². The fourth-order valence-electron chi connectivity index (χ4n) is 2.12. The van der Waals surface area contributed by atoms with E-state index in [2.05, 4.69) is 5.32 Å². The van der Waals surface area contributed by atoms with Gasteiger partial charge in [-0.15, -0.1) is 0 Å². The lowest BCUT2D eigenvalue weighted by molar-refractivity contribution is -0.142. The fourth-order valence-corrected chi connectivity index (χ4v) is 2.59. The summed E-state index contributed by atoms with van der Waals surface area (Å²) in [6.07, 6.45) is 1.40. The number of anilines is 1. The lowest BCUT2D eigenvalue weighted by atomic mass is 10.1. The van der Waals surface area contributed by atoms with E-state index < -0.39 is 18.5 Å². The molecule has 0 bridgehead atoms. The molecule has 0 heterocycles. The van der Waals surface area contributed by atoms with Gasteiger partial charge in [0.1, 0.15) is 11.6 Å². The van der Waals surface area contributed by atoms with Crippen LogP contribution in [0.3, 0.4) is 0 Å². The summed E-state index contributed by atoms with van der Waals surface area (Å²) >= 11 is 12.1. The maximum atomic E-state index is 12.0. The number of esters is 1. The molecule has 1 N–H and O–H groups in total. The van der Waals surface area contributed by atoms with Crippen LogP contribution in [0.1, 0.15) is 16.7 Å². The van der Waals surface area contributed by atoms with Crippen molar-refractivity contribution in [2.75, 3.05) is 11.9 Å². The molecule has 7 heteroatoms. The smallest absolute Gasteiger partial charge is 0.349 e. The first-order valence-corrected chi connectivity index (χ1v) is 8.67. The molecule has 0 aliphatic heterocycles. The number of amides is 1. The highest BCUT2D eigenvalue weighted by Crippen LogP contribution is 2.32. The average molecular weight is 403 g/mol. The van der Waals surface area contributed by atoms with Crippen LogP contribution in [-0.4, -0.2) is 18.5 Å². The monoisotopic (exact) mass is 402 g/mol. The van der Waals surface area contributed by atoms with Crippen LogP contribution in [0.4, 0.5) is 5.69 Å². The maximum absolute atomic E-state index is 12.0. The number of rotatable bonds is 5. The number of hydrogen-bond acceptors (Lipinski definition) is 4. The molecule has 2 aromatic carbocycles. The number of carbonyl (C=O) groups excluding carboxylic acids is 2. The largest absolute Gasteiger partial charge is 0.451 e. The van der Waals surface area contributed by atoms with Gasteiger partial charge in [0, 0.05) is 0 Å². The Hall–Kier alpha value is -2.81. The number of nitrogens with zero attached hydrogens (tertiary/aromatic N) is 1. The molecule has 0 aliphatic carbocycles. The number of hydrogen-bond donors (Lipinski definition) is 1. The molecule has 2 rings (SSSR count). The van der Waals surface area contributed by atoms with Crippen LogP contribution in [-0.2, 0) is 14.3 Å². The zero-order valence-electron chi connectivity index (χ0n) is 14.7. The second-order valence-electron chi connectivity index (χ2n) is 5.76. The Morgan fingerprint density at radius 3 is 2.44 bits per heavy atom. The molecule has 0 saturated heterocycles. The van der Waals surface area contributed by atoms with E-state index in [-0.39, 0.29) is 16.3 Å². The van der Waals surface area contributed by atoms with Crippen LogP contribution in [0.5, 0.6) is 0 Å². The highest BCUT2D eigenvalue weighted by molar-refractivity contribution is 6.40. The van der Waals surface area contributed by atoms with Crippen LogP contribution in [0.25, 0.3) is 6.08 Å². The number of benzene rings is 2. The standard InChI is InChI=1S/C20H16Cl2N2O3/c1-12-3-6-14(7-4-12)9-15(10-23)20(26)27-11-17(25)24-19-16(21)8-5-13(2)18(19)22/h3-9H,11H2,1-2H3,(H,24,25). The SMILES string of the molecule is Cc1ccc(C=C(C#N)C(=O)OCC(=O)Nc2c(Cl)ccc(C)c2Cl)cc1. The first kappa shape index (κ1) is 20.5. The van der Waals surface area contributed by atoms with Gasteiger partial charge in [-0.1, -0.05) is 59.1 Å². The molecule has 2 aromatic rings. The molecule has 0 aromatic heterocycles. The van der Waals surface area contributed by atoms with E-state index in [4.69, 9.17) is 33.2 Å². The summed E-state index contributed by atoms with van der Waals surface area (Å²) in [5.74, 6) is -1.51. The number of ether oxygens (including phenoxy) is 1. The first-order chi connectivity index (χ1) is 12.8. The third-order valence-corrected chi connectivity index (χ3v) is 4.41. The minimum absolute atomic E-state index is 0.210. The Morgan fingerprint density at radius 1 is 1.15 bits per heavy atom. The third kappa shape index (κ3) is 5.58. The van der Waals surface area contributed by atoms with Crippen molar-refractivity contribution in [3.8, 4) is 6.07 Å². The van der Waals surface area contributed by atoms with Crippen molar-refractivity contribution < 1.29 is 14.3 Å². The Labute approximate surface area is 167 Å². The Balaban J connectivity index is 2.02. The van der Waals surface area contributed by atoms with Crippen molar-refractivity contribution in [2.24, 2.45) is 0 Å². The van der Waals surface area contributed by atoms with Crippen LogP contribution < -0.4 is 5.32 Å². The number of aryl methyl sites for hydroxylation is 2. The van der Waals surface area contributed by atoms with Crippen LogP contribution in [0, 0.1) is 25.2 Å². The van der Waals surface area contributed by atoms with Crippen molar-refractivity contribution in [1.82, 2.24) is 0 Å². The number of halogens is 2. The van der Waals surface area contributed by atoms with Gasteiger partial charge in [-0.25, -0.2) is 4.79 Å². The van der Waals surface area contributed by atoms with Gasteiger partial charge in [0.25, 0.3) is 5.91 Å². The van der Waals surface area contributed by atoms with E-state index in [1.54, 1.807) is 37.3 Å². The minimum atomic E-state index is -0.894. The highest BCUT2D eigenvalue weighted by Gasteiger charge is 2.16. The third-order valence-electron chi connectivity index (χ3n) is 3.61. The molecular weight excluding hydrogens is 387 g/mol. The molecule has 5 nitrogen and oxygen atoms in total. The van der Waals surface area contributed by atoms with E-state index in [9.17, 15) is 9.59 Å². The van der Waals surface area contributed by atoms with Crippen molar-refractivity contribution in [3.63, 3.8) is 0 Å². The van der Waals surface area contributed by atoms with E-state index in [1.165, 1.54) is 6.08 Å². The van der Waals surface area contributed by atoms with Crippen LogP contribution in [0.15, 0.2) is 42.0 Å². The summed E-state index contributed by atoms with van der Waals surface area (Å²) < 4.78 is 4.91. The summed E-state index contributed by atoms with van der Waals surface area (Å²) in [4.78, 5) is 24.1. The second-order valence-corrected chi connectivity index (χ2v) is 6.54. The average Bonchev–Trinajstić information content (AvgIpc) is 2.66. The van der Waals surface area contributed by atoms with Crippen molar-refractivity contribution in [3.05, 3.63) is 68.7 Å². The molecule has 138 valence electrons. The molecule has 0 radical (unpaired) electrons. The normalized spacial score (nSPS) is 10.9. The first-order valence-electron chi connectivity index (χ1n) is 7.92. The van der Waals surface area contributed by atoms with Crippen LogP contribution in [0.2, 0.25) is 10.0 Å². The van der Waals surface area contributed by atoms with E-state index in [0.717, 1.165) is 11.1 Å². The summed E-state index contributed by atoms with van der Waals surface area (Å²) in [6, 6.07) is 12.4. The summed E-state index contributed by atoms with van der Waals surface area (Å²) in [5, 5.41) is 12.2. The van der Waals surface area contributed by atoms with Gasteiger partial charge in [-0.05, 0) is 37.1 Å². The van der Waals surface area contributed by atoms with Gasteiger partial charge in [0.15, 0.2) is 6.61 Å². The summed E-state index contributed by atoms with van der Waals surface area (Å²) in [5.41, 5.74) is 2.50. The maximum Gasteiger partial charge on any atom is 0.349 e. The van der Waals surface area contributed by atoms with Crippen LogP contribution >= 0.6 is 23.2 Å².